The molecule has 0 saturated carbocycles. The maximum Gasteiger partial charge on any atom is 0.488 e. The van der Waals surface area contributed by atoms with Gasteiger partial charge in [-0.3, -0.25) is 0 Å². The molecule has 0 aliphatic rings. The maximum atomic E-state index is 13.0. The normalized spacial score (nSPS) is 14.0. The van der Waals surface area contributed by atoms with Crippen LogP contribution < -0.4 is 0 Å². The van der Waals surface area contributed by atoms with Crippen molar-refractivity contribution in [2.75, 3.05) is 79.3 Å². The molecule has 0 radical (unpaired) electrons. The molecule has 0 aromatic carbocycles. The van der Waals surface area contributed by atoms with Crippen molar-refractivity contribution < 1.29 is 218 Å². The summed E-state index contributed by atoms with van der Waals surface area (Å²) in [5.41, 5.74) is 0. The van der Waals surface area contributed by atoms with Crippen molar-refractivity contribution >= 4 is 42.1 Å². The van der Waals surface area contributed by atoms with Crippen LogP contribution in [0.3, 0.4) is 0 Å². The molecule has 0 aliphatic heterocycles. The van der Waals surface area contributed by atoms with E-state index in [9.17, 15) is 162 Å². The smallest absolute Gasteiger partial charge is 0.414 e. The lowest BCUT2D eigenvalue weighted by Gasteiger charge is -2.29. The largest absolute Gasteiger partial charge is 0.488 e. The molecule has 0 rings (SSSR count). The lowest BCUT2D eigenvalue weighted by atomic mass is 9.48. The minimum absolute atomic E-state index is 0.00588. The highest BCUT2D eigenvalue weighted by Gasteiger charge is 2.64. The molecule has 0 amide bonds. The van der Waals surface area contributed by atoms with E-state index in [1.807, 2.05) is 0 Å². The molecule has 0 aromatic heterocycles. The van der Waals surface area contributed by atoms with Crippen LogP contribution in [0.4, 0.5) is 162 Å². The van der Waals surface area contributed by atoms with Gasteiger partial charge in [-0.2, -0.15) is 154 Å². The number of alkyl halides is 37. The van der Waals surface area contributed by atoms with Crippen LogP contribution in [-0.4, -0.2) is 207 Å². The Morgan fingerprint density at radius 2 is 0.386 bits per heavy atom. The summed E-state index contributed by atoms with van der Waals surface area (Å²) in [7, 11) is -15.6. The maximum absolute atomic E-state index is 13.0. The van der Waals surface area contributed by atoms with E-state index in [4.69, 9.17) is 14.0 Å². The molecule has 0 spiro atoms. The van der Waals surface area contributed by atoms with Crippen LogP contribution >= 0.6 is 0 Å². The fourth-order valence-corrected chi connectivity index (χ4v) is 4.21. The molecule has 88 heavy (non-hydrogen) atoms. The van der Waals surface area contributed by atoms with Gasteiger partial charge >= 0.3 is 121 Å². The van der Waals surface area contributed by atoms with Crippen molar-refractivity contribution in [2.24, 2.45) is 0 Å². The van der Waals surface area contributed by atoms with Gasteiger partial charge in [-0.25, -0.2) is 8.78 Å². The van der Waals surface area contributed by atoms with E-state index >= 15 is 0 Å². The summed E-state index contributed by atoms with van der Waals surface area (Å²) in [5.74, 6) is -27.8. The number of hydrogen-bond acceptors (Lipinski definition) is 12. The minimum Gasteiger partial charge on any atom is -0.414 e. The molecule has 0 unspecified atom stereocenters. The second-order valence-corrected chi connectivity index (χ2v) is 16.4. The molecule has 0 heterocycles. The van der Waals surface area contributed by atoms with Crippen LogP contribution in [0.5, 0.6) is 0 Å². The lowest BCUT2D eigenvalue weighted by molar-refractivity contribution is -0.297. The van der Waals surface area contributed by atoms with Crippen LogP contribution in [0.25, 0.3) is 0 Å². The van der Waals surface area contributed by atoms with E-state index < -0.39 is 219 Å². The van der Waals surface area contributed by atoms with Gasteiger partial charge in [-0.15, -0.1) is 0 Å². The quantitative estimate of drug-likeness (QED) is 0.0440. The van der Waals surface area contributed by atoms with E-state index in [1.165, 1.54) is 13.8 Å². The summed E-state index contributed by atoms with van der Waals surface area (Å²) in [4.78, 5) is 0. The third kappa shape index (κ3) is 42.5. The molecule has 0 aromatic rings. The Bertz CT molecular complexity index is 1640. The fraction of sp³-hybridized carbons (Fsp3) is 1.00. The van der Waals surface area contributed by atoms with Gasteiger partial charge in [0.25, 0.3) is 0 Å². The summed E-state index contributed by atoms with van der Waals surface area (Å²) in [5, 5.41) is 0. The Balaban J connectivity index is -0.00000129. The molecule has 0 atom stereocenters. The van der Waals surface area contributed by atoms with E-state index in [0.29, 0.717) is 6.92 Å². The molecular formula is C33H41B6F37O12. The first-order chi connectivity index (χ1) is 38.8. The molecule has 0 fully saturated rings. The van der Waals surface area contributed by atoms with E-state index in [1.54, 1.807) is 0 Å². The summed E-state index contributed by atoms with van der Waals surface area (Å²) in [6.07, 6.45) is -55.7. The van der Waals surface area contributed by atoms with Crippen LogP contribution in [0.2, 0.25) is 0 Å². The molecule has 0 aliphatic carbocycles. The Kier molecular flexibility index (Phi) is 36.7. The van der Waals surface area contributed by atoms with Crippen molar-refractivity contribution in [3.63, 3.8) is 0 Å². The second kappa shape index (κ2) is 36.1. The zero-order valence-electron chi connectivity index (χ0n) is 43.7. The Hall–Kier alpha value is -2.68. The molecular weight excluding hydrogens is 1360 g/mol. The van der Waals surface area contributed by atoms with Crippen molar-refractivity contribution in [3.05, 3.63) is 0 Å². The highest BCUT2D eigenvalue weighted by atomic mass is 19.5. The Morgan fingerprint density at radius 1 is 0.216 bits per heavy atom. The summed E-state index contributed by atoms with van der Waals surface area (Å²) in [6.45, 7) is -17.3. The SMILES string of the molecule is CC(F)(F)CCOB(OCCC(F)(F)F)B(OCCC(F)(F)F)OCCC(F)(F)F.CCOB(OCC)B(OCC(F)(F)F)OCC(F)(F)F.FC(F)(F)C(F)(F)COB(OCC(F)(F)C(F)(F)F)B(OCC(F)(F)C(F)(F)F)OCC(F)(F)C(F)(F)F. The van der Waals surface area contributed by atoms with Crippen molar-refractivity contribution in [3.8, 4) is 0 Å². The van der Waals surface area contributed by atoms with Gasteiger partial charge in [0.1, 0.15) is 39.6 Å². The number of rotatable bonds is 36. The molecule has 0 saturated heterocycles. The summed E-state index contributed by atoms with van der Waals surface area (Å²) in [6, 6.07) is 0. The van der Waals surface area contributed by atoms with Crippen LogP contribution in [-0.2, 0) is 55.9 Å². The lowest BCUT2D eigenvalue weighted by Crippen LogP contribution is -2.55. The van der Waals surface area contributed by atoms with Gasteiger partial charge < -0.3 is 55.9 Å². The number of hydrogen-bond donors (Lipinski definition) is 0. The first kappa shape index (κ1) is 89.5. The molecule has 55 heteroatoms. The van der Waals surface area contributed by atoms with Gasteiger partial charge in [-0.05, 0) is 20.8 Å². The van der Waals surface area contributed by atoms with Crippen LogP contribution in [0, 0.1) is 0 Å². The predicted molar refractivity (Wildman–Crippen MR) is 221 cm³/mol. The summed E-state index contributed by atoms with van der Waals surface area (Å²) >= 11 is 0. The molecule has 0 bridgehead atoms. The van der Waals surface area contributed by atoms with Crippen LogP contribution in [0.1, 0.15) is 46.5 Å². The Morgan fingerprint density at radius 3 is 0.545 bits per heavy atom. The van der Waals surface area contributed by atoms with Crippen molar-refractivity contribution in [1.82, 2.24) is 0 Å². The van der Waals surface area contributed by atoms with Crippen LogP contribution in [0.15, 0.2) is 0 Å². The average Bonchev–Trinajstić information content (AvgIpc) is 3.27. The molecule has 12 nitrogen and oxygen atoms in total. The van der Waals surface area contributed by atoms with Gasteiger partial charge in [0.05, 0.1) is 19.3 Å². The van der Waals surface area contributed by atoms with Gasteiger partial charge in [0.2, 0.25) is 5.92 Å². The van der Waals surface area contributed by atoms with Gasteiger partial charge in [-0.1, -0.05) is 0 Å². The molecule has 0 N–H and O–H groups in total. The first-order valence-electron chi connectivity index (χ1n) is 22.7. The first-order valence-corrected chi connectivity index (χ1v) is 22.7. The monoisotopic (exact) mass is 1400 g/mol. The van der Waals surface area contributed by atoms with Crippen molar-refractivity contribution in [1.29, 1.82) is 0 Å². The third-order valence-electron chi connectivity index (χ3n) is 8.35. The van der Waals surface area contributed by atoms with E-state index in [2.05, 4.69) is 41.9 Å². The zero-order chi connectivity index (χ0) is 70.3. The highest BCUT2D eigenvalue weighted by Crippen LogP contribution is 2.40. The minimum atomic E-state index is -6.63. The summed E-state index contributed by atoms with van der Waals surface area (Å²) < 4.78 is 510. The highest BCUT2D eigenvalue weighted by molar-refractivity contribution is 7.11. The average molecular weight is 1400 g/mol. The Labute approximate surface area is 471 Å². The van der Waals surface area contributed by atoms with E-state index in [-0.39, 0.29) is 13.2 Å². The predicted octanol–water partition coefficient (Wildman–Crippen LogP) is 13.2. The zero-order valence-corrected chi connectivity index (χ0v) is 43.7. The van der Waals surface area contributed by atoms with Gasteiger partial charge in [0.15, 0.2) is 0 Å². The fourth-order valence-electron chi connectivity index (χ4n) is 4.21. The standard InChI is InChI=1S/C13H19B2F11O4.C12H8B2F20O4.C8H14B2F6O4/c1-10(16,17)2-6-27-14(28-7-3-11(18,19)20)15(29-8-4-12(21,22)23)30-9-5-13(24,25)26;15-5(16,9(23,24)25)1-35-13(36-2-6(17,18)10(26,27)28)14(37-3-7(19,20)11(29,30)31)38-4-8(21,22)12(32,33)34;1-3-17-9(18-4-2)10(19-5-7(11,12)13)20-6-8(14,15)16/h2-9H2,1H3;1-4H2;3-6H2,1-2H3. The topological polar surface area (TPSA) is 111 Å². The van der Waals surface area contributed by atoms with E-state index in [0.717, 1.165) is 0 Å². The third-order valence-corrected chi connectivity index (χ3v) is 8.35. The molecule has 522 valence electrons. The van der Waals surface area contributed by atoms with Crippen molar-refractivity contribution in [2.45, 2.75) is 132 Å². The second-order valence-electron chi connectivity index (χ2n) is 16.4. The number of halogens is 37. The van der Waals surface area contributed by atoms with Gasteiger partial charge in [0, 0.05) is 46.1 Å².